The summed E-state index contributed by atoms with van der Waals surface area (Å²) in [6, 6.07) is 15.0. The molecule has 0 amide bonds. The van der Waals surface area contributed by atoms with Gasteiger partial charge in [-0.3, -0.25) is 0 Å². The predicted molar refractivity (Wildman–Crippen MR) is 69.7 cm³/mol. The summed E-state index contributed by atoms with van der Waals surface area (Å²) in [4.78, 5) is 1.71. The highest BCUT2D eigenvalue weighted by molar-refractivity contribution is 7.99. The highest BCUT2D eigenvalue weighted by Crippen LogP contribution is 2.29. The molecule has 0 heterocycles. The first kappa shape index (κ1) is 12.1. The molecular formula is C14H14FNS. The molecule has 0 radical (unpaired) electrons. The summed E-state index contributed by atoms with van der Waals surface area (Å²) in [5, 5.41) is 3.10. The van der Waals surface area contributed by atoms with Crippen LogP contribution in [0.2, 0.25) is 0 Å². The minimum absolute atomic E-state index is 0.170. The van der Waals surface area contributed by atoms with Crippen LogP contribution in [0.4, 0.5) is 4.39 Å². The zero-order chi connectivity index (χ0) is 12.1. The van der Waals surface area contributed by atoms with Gasteiger partial charge in [0.15, 0.2) is 0 Å². The van der Waals surface area contributed by atoms with E-state index in [-0.39, 0.29) is 5.82 Å². The van der Waals surface area contributed by atoms with Gasteiger partial charge in [0.05, 0.1) is 0 Å². The molecule has 3 heteroatoms. The zero-order valence-electron chi connectivity index (χ0n) is 9.61. The van der Waals surface area contributed by atoms with E-state index in [4.69, 9.17) is 0 Å². The number of hydrogen-bond acceptors (Lipinski definition) is 2. The van der Waals surface area contributed by atoms with Crippen molar-refractivity contribution in [2.75, 3.05) is 7.05 Å². The molecule has 2 aromatic rings. The van der Waals surface area contributed by atoms with Crippen LogP contribution < -0.4 is 5.32 Å². The fourth-order valence-corrected chi connectivity index (χ4v) is 2.37. The van der Waals surface area contributed by atoms with E-state index in [0.717, 1.165) is 11.4 Å². The third kappa shape index (κ3) is 3.32. The van der Waals surface area contributed by atoms with E-state index in [1.807, 2.05) is 25.2 Å². The van der Waals surface area contributed by atoms with Gasteiger partial charge in [0, 0.05) is 16.3 Å². The van der Waals surface area contributed by atoms with E-state index in [1.165, 1.54) is 23.4 Å². The van der Waals surface area contributed by atoms with Crippen molar-refractivity contribution in [2.45, 2.75) is 16.3 Å². The Bertz CT molecular complexity index is 482. The molecule has 0 aromatic heterocycles. The van der Waals surface area contributed by atoms with Crippen molar-refractivity contribution in [3.8, 4) is 0 Å². The molecule has 88 valence electrons. The maximum Gasteiger partial charge on any atom is 0.137 e. The monoisotopic (exact) mass is 247 g/mol. The van der Waals surface area contributed by atoms with Gasteiger partial charge in [0.2, 0.25) is 0 Å². The van der Waals surface area contributed by atoms with Crippen LogP contribution >= 0.6 is 11.8 Å². The van der Waals surface area contributed by atoms with E-state index in [1.54, 1.807) is 12.1 Å². The average Bonchev–Trinajstić information content (AvgIpc) is 2.35. The van der Waals surface area contributed by atoms with Crippen LogP contribution in [0.3, 0.4) is 0 Å². The Morgan fingerprint density at radius 1 is 1.06 bits per heavy atom. The van der Waals surface area contributed by atoms with Gasteiger partial charge in [-0.15, -0.1) is 0 Å². The van der Waals surface area contributed by atoms with Gasteiger partial charge < -0.3 is 5.32 Å². The Morgan fingerprint density at radius 2 is 1.76 bits per heavy atom. The number of hydrogen-bond donors (Lipinski definition) is 1. The van der Waals surface area contributed by atoms with Crippen LogP contribution in [0.25, 0.3) is 0 Å². The van der Waals surface area contributed by atoms with Crippen molar-refractivity contribution < 1.29 is 4.39 Å². The fourth-order valence-electron chi connectivity index (χ4n) is 1.53. The quantitative estimate of drug-likeness (QED) is 0.884. The van der Waals surface area contributed by atoms with Gasteiger partial charge in [-0.2, -0.15) is 0 Å². The van der Waals surface area contributed by atoms with Crippen molar-refractivity contribution in [3.63, 3.8) is 0 Å². The fraction of sp³-hybridized carbons (Fsp3) is 0.143. The van der Waals surface area contributed by atoms with E-state index in [0.29, 0.717) is 4.90 Å². The minimum Gasteiger partial charge on any atom is -0.316 e. The highest BCUT2D eigenvalue weighted by atomic mass is 32.2. The van der Waals surface area contributed by atoms with Crippen molar-refractivity contribution in [2.24, 2.45) is 0 Å². The smallest absolute Gasteiger partial charge is 0.137 e. The van der Waals surface area contributed by atoms with Gasteiger partial charge in [-0.05, 0) is 36.9 Å². The van der Waals surface area contributed by atoms with Gasteiger partial charge in [0.25, 0.3) is 0 Å². The maximum atomic E-state index is 13.4. The second-order valence-electron chi connectivity index (χ2n) is 3.71. The Balaban J connectivity index is 2.11. The van der Waals surface area contributed by atoms with Gasteiger partial charge in [-0.1, -0.05) is 36.0 Å². The molecule has 2 rings (SSSR count). The third-order valence-electron chi connectivity index (χ3n) is 2.37. The molecule has 0 bridgehead atoms. The lowest BCUT2D eigenvalue weighted by molar-refractivity contribution is 0.602. The summed E-state index contributed by atoms with van der Waals surface area (Å²) in [5.74, 6) is -0.170. The molecule has 1 N–H and O–H groups in total. The summed E-state index contributed by atoms with van der Waals surface area (Å²) in [5.41, 5.74) is 1.23. The van der Waals surface area contributed by atoms with E-state index >= 15 is 0 Å². The number of benzene rings is 2. The van der Waals surface area contributed by atoms with Crippen LogP contribution in [0.15, 0.2) is 58.3 Å². The predicted octanol–water partition coefficient (Wildman–Crippen LogP) is 3.70. The third-order valence-corrected chi connectivity index (χ3v) is 3.43. The molecule has 0 aliphatic carbocycles. The summed E-state index contributed by atoms with van der Waals surface area (Å²) in [7, 11) is 1.92. The molecule has 1 nitrogen and oxygen atoms in total. The molecular weight excluding hydrogens is 233 g/mol. The van der Waals surface area contributed by atoms with Crippen molar-refractivity contribution >= 4 is 11.8 Å². The lowest BCUT2D eigenvalue weighted by Gasteiger charge is -2.04. The zero-order valence-corrected chi connectivity index (χ0v) is 10.4. The van der Waals surface area contributed by atoms with Crippen LogP contribution in [0.1, 0.15) is 5.56 Å². The summed E-state index contributed by atoms with van der Waals surface area (Å²) in [6.45, 7) is 0.852. The van der Waals surface area contributed by atoms with E-state index < -0.39 is 0 Å². The van der Waals surface area contributed by atoms with Crippen LogP contribution in [0, 0.1) is 5.82 Å². The molecule has 2 aromatic carbocycles. The molecule has 0 aliphatic heterocycles. The molecule has 0 atom stereocenters. The molecule has 0 spiro atoms. The minimum atomic E-state index is -0.170. The highest BCUT2D eigenvalue weighted by Gasteiger charge is 2.02. The second kappa shape index (κ2) is 5.84. The Labute approximate surface area is 105 Å². The Hall–Kier alpha value is -1.32. The van der Waals surface area contributed by atoms with Crippen molar-refractivity contribution in [1.29, 1.82) is 0 Å². The lowest BCUT2D eigenvalue weighted by atomic mass is 10.2. The average molecular weight is 247 g/mol. The molecule has 0 saturated heterocycles. The Morgan fingerprint density at radius 3 is 2.41 bits per heavy atom. The topological polar surface area (TPSA) is 12.0 Å². The Kier molecular flexibility index (Phi) is 4.18. The van der Waals surface area contributed by atoms with Crippen LogP contribution in [0.5, 0.6) is 0 Å². The molecule has 0 unspecified atom stereocenters. The summed E-state index contributed by atoms with van der Waals surface area (Å²) >= 11 is 1.45. The molecule has 0 fully saturated rings. The van der Waals surface area contributed by atoms with Gasteiger partial charge >= 0.3 is 0 Å². The maximum absolute atomic E-state index is 13.4. The van der Waals surface area contributed by atoms with E-state index in [9.17, 15) is 4.39 Å². The van der Waals surface area contributed by atoms with Gasteiger partial charge in [0.1, 0.15) is 5.82 Å². The number of nitrogens with one attached hydrogen (secondary N) is 1. The molecule has 0 aliphatic rings. The van der Waals surface area contributed by atoms with Gasteiger partial charge in [-0.25, -0.2) is 4.39 Å². The summed E-state index contributed by atoms with van der Waals surface area (Å²) in [6.07, 6.45) is 0. The van der Waals surface area contributed by atoms with Crippen molar-refractivity contribution in [1.82, 2.24) is 5.32 Å². The van der Waals surface area contributed by atoms with E-state index in [2.05, 4.69) is 17.4 Å². The SMILES string of the molecule is CNCc1ccc(Sc2ccccc2F)cc1. The number of halogens is 1. The largest absolute Gasteiger partial charge is 0.316 e. The van der Waals surface area contributed by atoms with Crippen LogP contribution in [-0.2, 0) is 6.54 Å². The first-order valence-corrected chi connectivity index (χ1v) is 6.27. The standard InChI is InChI=1S/C14H14FNS/c1-16-10-11-6-8-12(9-7-11)17-14-5-3-2-4-13(14)15/h2-9,16H,10H2,1H3. The van der Waals surface area contributed by atoms with Crippen molar-refractivity contribution in [3.05, 3.63) is 59.9 Å². The summed E-state index contributed by atoms with van der Waals surface area (Å²) < 4.78 is 13.4. The lowest BCUT2D eigenvalue weighted by Crippen LogP contribution is -2.04. The first-order valence-electron chi connectivity index (χ1n) is 5.45. The molecule has 17 heavy (non-hydrogen) atoms. The second-order valence-corrected chi connectivity index (χ2v) is 4.82. The molecule has 0 saturated carbocycles. The normalized spacial score (nSPS) is 10.5. The van der Waals surface area contributed by atoms with Crippen LogP contribution in [-0.4, -0.2) is 7.05 Å². The number of rotatable bonds is 4. The first-order chi connectivity index (χ1) is 8.29.